The summed E-state index contributed by atoms with van der Waals surface area (Å²) in [6.45, 7) is 11.3. The summed E-state index contributed by atoms with van der Waals surface area (Å²) in [5.74, 6) is 0. The number of nitriles is 1. The Morgan fingerprint density at radius 1 is 1.29 bits per heavy atom. The highest BCUT2D eigenvalue weighted by Crippen LogP contribution is 2.21. The van der Waals surface area contributed by atoms with Gasteiger partial charge in [-0.2, -0.15) is 5.26 Å². The minimum Gasteiger partial charge on any atom is -0.301 e. The maximum atomic E-state index is 9.37. The van der Waals surface area contributed by atoms with Crippen molar-refractivity contribution in [3.63, 3.8) is 0 Å². The van der Waals surface area contributed by atoms with Crippen molar-refractivity contribution in [1.82, 2.24) is 15.1 Å². The molecule has 0 radical (unpaired) electrons. The zero-order valence-electron chi connectivity index (χ0n) is 13.9. The number of nitrogens with one attached hydrogen (secondary N) is 1. The summed E-state index contributed by atoms with van der Waals surface area (Å²) < 4.78 is 0. The highest BCUT2D eigenvalue weighted by Gasteiger charge is 2.29. The van der Waals surface area contributed by atoms with Gasteiger partial charge in [0.25, 0.3) is 0 Å². The molecule has 0 aromatic rings. The average Bonchev–Trinajstić information content (AvgIpc) is 2.53. The van der Waals surface area contributed by atoms with E-state index in [1.807, 2.05) is 6.92 Å². The summed E-state index contributed by atoms with van der Waals surface area (Å²) in [4.78, 5) is 5.30. The molecule has 2 heterocycles. The van der Waals surface area contributed by atoms with Crippen molar-refractivity contribution in [2.24, 2.45) is 0 Å². The molecule has 0 aliphatic carbocycles. The van der Waals surface area contributed by atoms with E-state index in [2.05, 4.69) is 28.1 Å². The molecule has 0 aromatic heterocycles. The SMILES string of the molecule is CCCNC(C)(C#N)CCCN1CCN2CCCCC2C1. The number of rotatable bonds is 7. The zero-order chi connectivity index (χ0) is 15.1. The lowest BCUT2D eigenvalue weighted by atomic mass is 9.96. The molecule has 21 heavy (non-hydrogen) atoms. The molecule has 0 amide bonds. The van der Waals surface area contributed by atoms with E-state index >= 15 is 0 Å². The highest BCUT2D eigenvalue weighted by molar-refractivity contribution is 5.03. The Kier molecular flexibility index (Phi) is 6.47. The first-order valence-corrected chi connectivity index (χ1v) is 8.79. The second-order valence-electron chi connectivity index (χ2n) is 6.96. The molecular weight excluding hydrogens is 260 g/mol. The van der Waals surface area contributed by atoms with Gasteiger partial charge in [-0.05, 0) is 58.7 Å². The monoisotopic (exact) mass is 292 g/mol. The fraction of sp³-hybridized carbons (Fsp3) is 0.941. The zero-order valence-corrected chi connectivity index (χ0v) is 13.9. The molecule has 120 valence electrons. The molecule has 2 rings (SSSR count). The first-order chi connectivity index (χ1) is 10.2. The number of nitrogens with zero attached hydrogens (tertiary/aromatic N) is 3. The van der Waals surface area contributed by atoms with Crippen LogP contribution in [0.5, 0.6) is 0 Å². The molecule has 4 nitrogen and oxygen atoms in total. The highest BCUT2D eigenvalue weighted by atomic mass is 15.3. The fourth-order valence-corrected chi connectivity index (χ4v) is 3.66. The summed E-state index contributed by atoms with van der Waals surface area (Å²) in [7, 11) is 0. The lowest BCUT2D eigenvalue weighted by molar-refractivity contribution is 0.0481. The van der Waals surface area contributed by atoms with Gasteiger partial charge in [0.1, 0.15) is 5.54 Å². The van der Waals surface area contributed by atoms with E-state index in [-0.39, 0.29) is 5.54 Å². The first kappa shape index (κ1) is 16.7. The number of piperidine rings is 1. The van der Waals surface area contributed by atoms with E-state index in [4.69, 9.17) is 0 Å². The largest absolute Gasteiger partial charge is 0.301 e. The van der Waals surface area contributed by atoms with E-state index in [9.17, 15) is 5.26 Å². The Morgan fingerprint density at radius 3 is 2.90 bits per heavy atom. The van der Waals surface area contributed by atoms with Crippen LogP contribution >= 0.6 is 0 Å². The standard InChI is InChI=1S/C17H32N4/c1-3-9-19-17(2,15-18)8-6-10-20-12-13-21-11-5-4-7-16(21)14-20/h16,19H,3-14H2,1-2H3. The fourth-order valence-electron chi connectivity index (χ4n) is 3.66. The van der Waals surface area contributed by atoms with Crippen molar-refractivity contribution in [2.45, 2.75) is 64.0 Å². The van der Waals surface area contributed by atoms with Crippen LogP contribution < -0.4 is 5.32 Å². The Labute approximate surface area is 130 Å². The molecule has 0 bridgehead atoms. The third-order valence-corrected chi connectivity index (χ3v) is 5.08. The second-order valence-corrected chi connectivity index (χ2v) is 6.96. The van der Waals surface area contributed by atoms with Crippen molar-refractivity contribution in [1.29, 1.82) is 5.26 Å². The predicted molar refractivity (Wildman–Crippen MR) is 87.2 cm³/mol. The maximum absolute atomic E-state index is 9.37. The summed E-state index contributed by atoms with van der Waals surface area (Å²) >= 11 is 0. The van der Waals surface area contributed by atoms with Crippen LogP contribution in [-0.4, -0.2) is 60.6 Å². The van der Waals surface area contributed by atoms with Crippen molar-refractivity contribution in [2.75, 3.05) is 39.3 Å². The van der Waals surface area contributed by atoms with Gasteiger partial charge in [0.15, 0.2) is 0 Å². The first-order valence-electron chi connectivity index (χ1n) is 8.79. The Hall–Kier alpha value is -0.630. The van der Waals surface area contributed by atoms with Gasteiger partial charge < -0.3 is 4.90 Å². The topological polar surface area (TPSA) is 42.3 Å². The summed E-state index contributed by atoms with van der Waals surface area (Å²) in [6.07, 6.45) is 7.33. The average molecular weight is 292 g/mol. The van der Waals surface area contributed by atoms with Crippen LogP contribution in [0.4, 0.5) is 0 Å². The van der Waals surface area contributed by atoms with Crippen LogP contribution in [0.25, 0.3) is 0 Å². The molecule has 2 aliphatic heterocycles. The molecule has 0 spiro atoms. The molecule has 2 fully saturated rings. The molecular formula is C17H32N4. The third kappa shape index (κ3) is 4.95. The molecule has 2 saturated heterocycles. The molecule has 4 heteroatoms. The molecule has 2 unspecified atom stereocenters. The predicted octanol–water partition coefficient (Wildman–Crippen LogP) is 2.22. The molecule has 0 aromatic carbocycles. The maximum Gasteiger partial charge on any atom is 0.103 e. The van der Waals surface area contributed by atoms with E-state index in [1.165, 1.54) is 45.4 Å². The Morgan fingerprint density at radius 2 is 2.14 bits per heavy atom. The van der Waals surface area contributed by atoms with Crippen LogP contribution in [-0.2, 0) is 0 Å². The molecule has 0 saturated carbocycles. The number of piperazine rings is 1. The summed E-state index contributed by atoms with van der Waals surface area (Å²) in [5.41, 5.74) is -0.345. The molecule has 2 aliphatic rings. The van der Waals surface area contributed by atoms with Crippen LogP contribution in [0.1, 0.15) is 52.4 Å². The number of fused-ring (bicyclic) bond motifs is 1. The number of hydrogen-bond acceptors (Lipinski definition) is 4. The minimum absolute atomic E-state index is 0.345. The van der Waals surface area contributed by atoms with Crippen LogP contribution in [0.15, 0.2) is 0 Å². The lowest BCUT2D eigenvalue weighted by Gasteiger charge is -2.44. The van der Waals surface area contributed by atoms with E-state index in [0.717, 1.165) is 38.4 Å². The van der Waals surface area contributed by atoms with Gasteiger partial charge in [0.2, 0.25) is 0 Å². The van der Waals surface area contributed by atoms with Crippen LogP contribution in [0, 0.1) is 11.3 Å². The van der Waals surface area contributed by atoms with Gasteiger partial charge in [-0.3, -0.25) is 10.2 Å². The molecule has 1 N–H and O–H groups in total. The third-order valence-electron chi connectivity index (χ3n) is 5.08. The Balaban J connectivity index is 1.69. The second kappa shape index (κ2) is 8.12. The van der Waals surface area contributed by atoms with E-state index < -0.39 is 0 Å². The van der Waals surface area contributed by atoms with Crippen LogP contribution in [0.2, 0.25) is 0 Å². The van der Waals surface area contributed by atoms with E-state index in [1.54, 1.807) is 0 Å². The number of hydrogen-bond donors (Lipinski definition) is 1. The van der Waals surface area contributed by atoms with Crippen LogP contribution in [0.3, 0.4) is 0 Å². The summed E-state index contributed by atoms with van der Waals surface area (Å²) in [5, 5.41) is 12.8. The quantitative estimate of drug-likeness (QED) is 0.781. The van der Waals surface area contributed by atoms with Crippen molar-refractivity contribution in [3.8, 4) is 6.07 Å². The molecule has 2 atom stereocenters. The van der Waals surface area contributed by atoms with Gasteiger partial charge in [-0.15, -0.1) is 0 Å². The van der Waals surface area contributed by atoms with Crippen molar-refractivity contribution in [3.05, 3.63) is 0 Å². The smallest absolute Gasteiger partial charge is 0.103 e. The minimum atomic E-state index is -0.345. The lowest BCUT2D eigenvalue weighted by Crippen LogP contribution is -2.55. The van der Waals surface area contributed by atoms with E-state index in [0.29, 0.717) is 0 Å². The van der Waals surface area contributed by atoms with Gasteiger partial charge in [0.05, 0.1) is 6.07 Å². The van der Waals surface area contributed by atoms with Crippen molar-refractivity contribution < 1.29 is 0 Å². The van der Waals surface area contributed by atoms with Crippen molar-refractivity contribution >= 4 is 0 Å². The van der Waals surface area contributed by atoms with Gasteiger partial charge >= 0.3 is 0 Å². The summed E-state index contributed by atoms with van der Waals surface area (Å²) in [6, 6.07) is 3.26. The normalized spacial score (nSPS) is 26.8. The van der Waals surface area contributed by atoms with Gasteiger partial charge in [0, 0.05) is 25.7 Å². The Bertz CT molecular complexity index is 351. The van der Waals surface area contributed by atoms with Gasteiger partial charge in [-0.25, -0.2) is 0 Å². The van der Waals surface area contributed by atoms with Gasteiger partial charge in [-0.1, -0.05) is 13.3 Å².